The first-order valence-electron chi connectivity index (χ1n) is 8.04. The van der Waals surface area contributed by atoms with Crippen molar-refractivity contribution in [2.45, 2.75) is 19.4 Å². The monoisotopic (exact) mass is 299 g/mol. The van der Waals surface area contributed by atoms with Gasteiger partial charge in [0.15, 0.2) is 0 Å². The number of benzene rings is 1. The Morgan fingerprint density at radius 3 is 2.91 bits per heavy atom. The molecule has 1 N–H and O–H groups in total. The molecule has 3 heteroatoms. The van der Waals surface area contributed by atoms with Crippen molar-refractivity contribution >= 4 is 0 Å². The van der Waals surface area contributed by atoms with E-state index < -0.39 is 0 Å². The fourth-order valence-corrected chi connectivity index (χ4v) is 3.54. The molecule has 22 heavy (non-hydrogen) atoms. The molecule has 3 nitrogen and oxygen atoms in total. The summed E-state index contributed by atoms with van der Waals surface area (Å²) in [5, 5.41) is 3.53. The third kappa shape index (κ3) is 2.96. The average Bonchev–Trinajstić information content (AvgIpc) is 2.82. The molecule has 2 aliphatic rings. The molecule has 3 rings (SSSR count). The Hall–Kier alpha value is -1.58. The zero-order chi connectivity index (χ0) is 15.4. The van der Waals surface area contributed by atoms with Crippen molar-refractivity contribution in [1.82, 2.24) is 5.32 Å². The third-order valence-electron chi connectivity index (χ3n) is 4.88. The molecule has 118 valence electrons. The van der Waals surface area contributed by atoms with Crippen LogP contribution >= 0.6 is 0 Å². The van der Waals surface area contributed by atoms with Gasteiger partial charge in [0, 0.05) is 24.6 Å². The van der Waals surface area contributed by atoms with Gasteiger partial charge in [-0.2, -0.15) is 0 Å². The van der Waals surface area contributed by atoms with Crippen LogP contribution in [0.3, 0.4) is 0 Å². The minimum atomic E-state index is 0.0484. The summed E-state index contributed by atoms with van der Waals surface area (Å²) in [5.41, 5.74) is 1.25. The molecule has 1 unspecified atom stereocenters. The molecule has 1 aliphatic carbocycles. The fourth-order valence-electron chi connectivity index (χ4n) is 3.54. The summed E-state index contributed by atoms with van der Waals surface area (Å²) in [4.78, 5) is 0. The van der Waals surface area contributed by atoms with Crippen LogP contribution in [0.4, 0.5) is 0 Å². The van der Waals surface area contributed by atoms with Crippen molar-refractivity contribution in [2.75, 3.05) is 26.8 Å². The van der Waals surface area contributed by atoms with E-state index in [1.807, 2.05) is 12.1 Å². The second-order valence-corrected chi connectivity index (χ2v) is 6.34. The van der Waals surface area contributed by atoms with Gasteiger partial charge < -0.3 is 14.8 Å². The molecule has 1 aromatic carbocycles. The van der Waals surface area contributed by atoms with E-state index in [2.05, 4.69) is 48.7 Å². The Morgan fingerprint density at radius 1 is 1.27 bits per heavy atom. The topological polar surface area (TPSA) is 30.5 Å². The smallest absolute Gasteiger partial charge is 0.124 e. The highest BCUT2D eigenvalue weighted by molar-refractivity contribution is 5.36. The van der Waals surface area contributed by atoms with Gasteiger partial charge in [-0.05, 0) is 17.9 Å². The predicted molar refractivity (Wildman–Crippen MR) is 89.1 cm³/mol. The van der Waals surface area contributed by atoms with Crippen LogP contribution in [0.15, 0.2) is 48.6 Å². The molecule has 1 saturated heterocycles. The van der Waals surface area contributed by atoms with E-state index in [4.69, 9.17) is 9.47 Å². The Balaban J connectivity index is 1.98. The predicted octanol–water partition coefficient (Wildman–Crippen LogP) is 3.49. The Bertz CT molecular complexity index is 566. The minimum absolute atomic E-state index is 0.0484. The lowest BCUT2D eigenvalue weighted by Crippen LogP contribution is -2.37. The molecule has 1 fully saturated rings. The fraction of sp³-hybridized carbons (Fsp3) is 0.474. The van der Waals surface area contributed by atoms with Crippen LogP contribution in [0, 0.1) is 11.3 Å². The number of allylic oxidation sites excluding steroid dienone is 4. The van der Waals surface area contributed by atoms with Gasteiger partial charge in [0.2, 0.25) is 0 Å². The van der Waals surface area contributed by atoms with Gasteiger partial charge in [-0.1, -0.05) is 49.4 Å². The van der Waals surface area contributed by atoms with E-state index in [0.717, 1.165) is 37.4 Å². The van der Waals surface area contributed by atoms with Crippen molar-refractivity contribution in [1.29, 1.82) is 0 Å². The highest BCUT2D eigenvalue weighted by Crippen LogP contribution is 2.46. The second-order valence-electron chi connectivity index (χ2n) is 6.34. The van der Waals surface area contributed by atoms with Crippen LogP contribution in [-0.4, -0.2) is 26.8 Å². The molecule has 0 saturated carbocycles. The molecule has 1 aromatic rings. The van der Waals surface area contributed by atoms with Gasteiger partial charge in [-0.25, -0.2) is 0 Å². The van der Waals surface area contributed by atoms with Crippen molar-refractivity contribution in [3.05, 3.63) is 54.1 Å². The highest BCUT2D eigenvalue weighted by atomic mass is 16.5. The first-order chi connectivity index (χ1) is 10.7. The summed E-state index contributed by atoms with van der Waals surface area (Å²) in [6.07, 6.45) is 9.97. The first kappa shape index (κ1) is 15.3. The van der Waals surface area contributed by atoms with Crippen molar-refractivity contribution in [2.24, 2.45) is 11.3 Å². The lowest BCUT2D eigenvalue weighted by Gasteiger charge is -2.40. The number of hydrogen-bond donors (Lipinski definition) is 1. The summed E-state index contributed by atoms with van der Waals surface area (Å²) in [7, 11) is 1.73. The maximum absolute atomic E-state index is 6.26. The quantitative estimate of drug-likeness (QED) is 0.926. The van der Waals surface area contributed by atoms with E-state index in [1.54, 1.807) is 7.11 Å². The van der Waals surface area contributed by atoms with Crippen LogP contribution in [0.25, 0.3) is 0 Å². The lowest BCUT2D eigenvalue weighted by atomic mass is 9.69. The minimum Gasteiger partial charge on any atom is -0.496 e. The summed E-state index contributed by atoms with van der Waals surface area (Å²) < 4.78 is 11.8. The molecule has 0 radical (unpaired) electrons. The molecule has 1 aliphatic heterocycles. The zero-order valence-electron chi connectivity index (χ0n) is 13.4. The van der Waals surface area contributed by atoms with Gasteiger partial charge in [-0.3, -0.25) is 0 Å². The lowest BCUT2D eigenvalue weighted by molar-refractivity contribution is -0.00456. The first-order valence-corrected chi connectivity index (χ1v) is 8.04. The maximum Gasteiger partial charge on any atom is 0.124 e. The van der Waals surface area contributed by atoms with Gasteiger partial charge in [0.25, 0.3) is 0 Å². The van der Waals surface area contributed by atoms with Crippen molar-refractivity contribution in [3.8, 4) is 5.75 Å². The average molecular weight is 299 g/mol. The molecule has 1 heterocycles. The zero-order valence-corrected chi connectivity index (χ0v) is 13.4. The largest absolute Gasteiger partial charge is 0.496 e. The standard InChI is InChI=1S/C19H25NO2/c1-19(10-6-3-7-11-19)16-14-20-12-13-22-18(16)15-8-4-5-9-17(15)21-2/h3-10,16,18,20H,11-14H2,1-2H3/t16-,18-,19?/m0/s1. The number of nitrogens with one attached hydrogen (secondary N) is 1. The number of rotatable bonds is 3. The number of ether oxygens (including phenoxy) is 2. The molecule has 0 aromatic heterocycles. The Morgan fingerprint density at radius 2 is 2.14 bits per heavy atom. The van der Waals surface area contributed by atoms with Gasteiger partial charge >= 0.3 is 0 Å². The summed E-state index contributed by atoms with van der Waals surface area (Å²) in [5.74, 6) is 1.28. The van der Waals surface area contributed by atoms with Gasteiger partial charge in [0.1, 0.15) is 5.75 Å². The summed E-state index contributed by atoms with van der Waals surface area (Å²) >= 11 is 0. The van der Waals surface area contributed by atoms with Crippen molar-refractivity contribution < 1.29 is 9.47 Å². The molecular formula is C19H25NO2. The number of hydrogen-bond acceptors (Lipinski definition) is 3. The van der Waals surface area contributed by atoms with E-state index in [9.17, 15) is 0 Å². The van der Waals surface area contributed by atoms with Gasteiger partial charge in [0.05, 0.1) is 19.8 Å². The van der Waals surface area contributed by atoms with Crippen LogP contribution in [0.2, 0.25) is 0 Å². The van der Waals surface area contributed by atoms with Crippen LogP contribution in [0.5, 0.6) is 5.75 Å². The molecule has 0 bridgehead atoms. The van der Waals surface area contributed by atoms with Gasteiger partial charge in [-0.15, -0.1) is 0 Å². The molecule has 0 amide bonds. The van der Waals surface area contributed by atoms with E-state index in [0.29, 0.717) is 5.92 Å². The molecule has 0 spiro atoms. The third-order valence-corrected chi connectivity index (χ3v) is 4.88. The Labute approximate surface area is 133 Å². The molecule has 3 atom stereocenters. The normalized spacial score (nSPS) is 31.7. The summed E-state index contributed by atoms with van der Waals surface area (Å²) in [6.45, 7) is 4.92. The Kier molecular flexibility index (Phi) is 4.65. The van der Waals surface area contributed by atoms with Crippen LogP contribution in [-0.2, 0) is 4.74 Å². The SMILES string of the molecule is COc1ccccc1[C@@H]1OCCNC[C@@H]1C1(C)C=CC=CC1. The van der Waals surface area contributed by atoms with E-state index in [-0.39, 0.29) is 11.5 Å². The van der Waals surface area contributed by atoms with Crippen molar-refractivity contribution in [3.63, 3.8) is 0 Å². The van der Waals surface area contributed by atoms with E-state index in [1.165, 1.54) is 0 Å². The second kappa shape index (κ2) is 6.67. The van der Waals surface area contributed by atoms with Crippen LogP contribution in [0.1, 0.15) is 25.0 Å². The number of methoxy groups -OCH3 is 1. The van der Waals surface area contributed by atoms with Crippen LogP contribution < -0.4 is 10.1 Å². The van der Waals surface area contributed by atoms with E-state index >= 15 is 0 Å². The highest BCUT2D eigenvalue weighted by Gasteiger charge is 2.40. The number of para-hydroxylation sites is 1. The maximum atomic E-state index is 6.26. The molecular weight excluding hydrogens is 274 g/mol. The summed E-state index contributed by atoms with van der Waals surface area (Å²) in [6, 6.07) is 8.23.